The number of hydrogen-bond donors (Lipinski definition) is 1. The molecule has 0 aliphatic heterocycles. The van der Waals surface area contributed by atoms with Crippen LogP contribution >= 0.6 is 0 Å². The van der Waals surface area contributed by atoms with E-state index in [4.69, 9.17) is 4.79 Å². The second-order valence-electron chi connectivity index (χ2n) is 2.66. The summed E-state index contributed by atoms with van der Waals surface area (Å²) in [4.78, 5) is 17.9. The van der Waals surface area contributed by atoms with Gasteiger partial charge in [0.05, 0.1) is 0 Å². The summed E-state index contributed by atoms with van der Waals surface area (Å²) in [5, 5.41) is 2.64. The maximum absolute atomic E-state index is 9.91. The topological polar surface area (TPSA) is 46.2 Å². The minimum absolute atomic E-state index is 0.741. The Kier molecular flexibility index (Phi) is 8.34. The molecule has 0 radical (unpaired) electrons. The zero-order valence-electron chi connectivity index (χ0n) is 8.11. The molecule has 0 fully saturated rings. The first-order valence-electron chi connectivity index (χ1n) is 4.43. The largest absolute Gasteiger partial charge is 0.359 e. The Morgan fingerprint density at radius 3 is 2.43 bits per heavy atom. The predicted molar refractivity (Wildman–Crippen MR) is 56.0 cm³/mol. The van der Waals surface area contributed by atoms with Crippen LogP contribution in [0.4, 0.5) is 0 Å². The van der Waals surface area contributed by atoms with Crippen molar-refractivity contribution in [2.45, 2.75) is 12.8 Å². The molecule has 76 valence electrons. The van der Waals surface area contributed by atoms with Crippen molar-refractivity contribution in [1.82, 2.24) is 5.32 Å². The van der Waals surface area contributed by atoms with Crippen LogP contribution in [0.2, 0.25) is 0 Å². The van der Waals surface area contributed by atoms with Gasteiger partial charge in [-0.2, -0.15) is 0 Å². The zero-order valence-corrected chi connectivity index (χ0v) is 8.11. The molecule has 0 aliphatic carbocycles. The minimum atomic E-state index is 0.741. The number of aryl methyl sites for hydroxylation is 1. The molecule has 0 unspecified atom stereocenters. The van der Waals surface area contributed by atoms with E-state index in [0.717, 1.165) is 25.8 Å². The molecule has 14 heavy (non-hydrogen) atoms. The third-order valence-electron chi connectivity index (χ3n) is 1.71. The van der Waals surface area contributed by atoms with E-state index in [0.29, 0.717) is 0 Å². The van der Waals surface area contributed by atoms with Crippen LogP contribution in [0.25, 0.3) is 0 Å². The Labute approximate surface area is 84.1 Å². The summed E-state index contributed by atoms with van der Waals surface area (Å²) in [5.74, 6) is 0. The number of hydrogen-bond acceptors (Lipinski definition) is 2. The summed E-state index contributed by atoms with van der Waals surface area (Å²) in [6, 6.07) is 10.3. The number of carbonyl (C=O) groups is 2. The summed E-state index contributed by atoms with van der Waals surface area (Å²) >= 11 is 0. The van der Waals surface area contributed by atoms with Crippen LogP contribution < -0.4 is 5.32 Å². The van der Waals surface area contributed by atoms with E-state index < -0.39 is 0 Å². The highest BCUT2D eigenvalue weighted by Gasteiger charge is 1.89. The summed E-state index contributed by atoms with van der Waals surface area (Å²) in [6.45, 7) is 2.76. The number of nitrogens with one attached hydrogen (secondary N) is 1. The molecule has 0 saturated heterocycles. The van der Waals surface area contributed by atoms with Crippen molar-refractivity contribution in [3.63, 3.8) is 0 Å². The summed E-state index contributed by atoms with van der Waals surface area (Å²) in [7, 11) is 0. The molecule has 3 heteroatoms. The van der Waals surface area contributed by atoms with Crippen LogP contribution in [0, 0.1) is 0 Å². The van der Waals surface area contributed by atoms with Gasteiger partial charge in [0.25, 0.3) is 0 Å². The smallest absolute Gasteiger partial charge is 0.207 e. The molecular weight excluding hydrogens is 178 g/mol. The van der Waals surface area contributed by atoms with E-state index in [1.807, 2.05) is 25.0 Å². The van der Waals surface area contributed by atoms with Crippen molar-refractivity contribution in [2.24, 2.45) is 0 Å². The van der Waals surface area contributed by atoms with Gasteiger partial charge in [0.15, 0.2) is 0 Å². The third kappa shape index (κ3) is 5.94. The summed E-state index contributed by atoms with van der Waals surface area (Å²) < 4.78 is 0. The number of amides is 1. The number of rotatable bonds is 5. The van der Waals surface area contributed by atoms with E-state index >= 15 is 0 Å². The van der Waals surface area contributed by atoms with Crippen molar-refractivity contribution in [3.05, 3.63) is 35.9 Å². The molecule has 0 atom stereocenters. The molecule has 0 aromatic heterocycles. The van der Waals surface area contributed by atoms with Crippen LogP contribution in [-0.2, 0) is 16.0 Å². The Bertz CT molecular complexity index is 236. The lowest BCUT2D eigenvalue weighted by Crippen LogP contribution is -2.12. The summed E-state index contributed by atoms with van der Waals surface area (Å²) in [5.41, 5.74) is 1.32. The SMILES string of the molecule is C=O.O=CNCCCc1ccccc1. The average molecular weight is 193 g/mol. The van der Waals surface area contributed by atoms with Gasteiger partial charge < -0.3 is 10.1 Å². The van der Waals surface area contributed by atoms with Crippen LogP contribution in [0.5, 0.6) is 0 Å². The first kappa shape index (κ1) is 12.4. The lowest BCUT2D eigenvalue weighted by Gasteiger charge is -1.99. The lowest BCUT2D eigenvalue weighted by atomic mass is 10.1. The average Bonchev–Trinajstić information content (AvgIpc) is 2.29. The minimum Gasteiger partial charge on any atom is -0.359 e. The molecule has 3 nitrogen and oxygen atoms in total. The Morgan fingerprint density at radius 2 is 1.86 bits per heavy atom. The van der Waals surface area contributed by atoms with Crippen molar-refractivity contribution < 1.29 is 9.59 Å². The van der Waals surface area contributed by atoms with Gasteiger partial charge in [-0.05, 0) is 18.4 Å². The van der Waals surface area contributed by atoms with Gasteiger partial charge in [0, 0.05) is 6.54 Å². The monoisotopic (exact) mass is 193 g/mol. The maximum atomic E-state index is 9.91. The van der Waals surface area contributed by atoms with E-state index in [1.54, 1.807) is 0 Å². The quantitative estimate of drug-likeness (QED) is 0.564. The normalized spacial score (nSPS) is 8.29. The fraction of sp³-hybridized carbons (Fsp3) is 0.273. The zero-order chi connectivity index (χ0) is 10.6. The van der Waals surface area contributed by atoms with E-state index in [9.17, 15) is 4.79 Å². The molecule has 1 rings (SSSR count). The van der Waals surface area contributed by atoms with Gasteiger partial charge in [0.1, 0.15) is 6.79 Å². The van der Waals surface area contributed by atoms with Gasteiger partial charge in [-0.25, -0.2) is 0 Å². The molecule has 1 aromatic carbocycles. The van der Waals surface area contributed by atoms with Crippen LogP contribution in [0.1, 0.15) is 12.0 Å². The van der Waals surface area contributed by atoms with Crippen molar-refractivity contribution >= 4 is 13.2 Å². The predicted octanol–water partition coefficient (Wildman–Crippen LogP) is 1.18. The second kappa shape index (κ2) is 9.45. The van der Waals surface area contributed by atoms with Gasteiger partial charge >= 0.3 is 0 Å². The number of carbonyl (C=O) groups excluding carboxylic acids is 2. The maximum Gasteiger partial charge on any atom is 0.207 e. The Hall–Kier alpha value is -1.64. The molecule has 1 amide bonds. The molecule has 0 heterocycles. The van der Waals surface area contributed by atoms with Gasteiger partial charge in [-0.15, -0.1) is 0 Å². The standard InChI is InChI=1S/C10H13NO.CH2O/c12-9-11-8-4-7-10-5-2-1-3-6-10;1-2/h1-3,5-6,9H,4,7-8H2,(H,11,12);1H2. The van der Waals surface area contributed by atoms with E-state index in [-0.39, 0.29) is 0 Å². The van der Waals surface area contributed by atoms with E-state index in [1.165, 1.54) is 5.56 Å². The Balaban J connectivity index is 0.000000791. The highest BCUT2D eigenvalue weighted by molar-refractivity contribution is 5.45. The van der Waals surface area contributed by atoms with Crippen molar-refractivity contribution in [2.75, 3.05) is 6.54 Å². The number of benzene rings is 1. The summed E-state index contributed by atoms with van der Waals surface area (Å²) in [6.07, 6.45) is 2.77. The Morgan fingerprint density at radius 1 is 1.21 bits per heavy atom. The molecule has 0 aliphatic rings. The van der Waals surface area contributed by atoms with E-state index in [2.05, 4.69) is 17.4 Å². The van der Waals surface area contributed by atoms with Gasteiger partial charge in [0.2, 0.25) is 6.41 Å². The van der Waals surface area contributed by atoms with Crippen LogP contribution in [-0.4, -0.2) is 19.7 Å². The first-order chi connectivity index (χ1) is 6.93. The molecule has 1 aromatic rings. The second-order valence-corrected chi connectivity index (χ2v) is 2.66. The lowest BCUT2D eigenvalue weighted by molar-refractivity contribution is -0.109. The highest BCUT2D eigenvalue weighted by Crippen LogP contribution is 2.00. The molecule has 0 saturated carbocycles. The fourth-order valence-electron chi connectivity index (χ4n) is 1.10. The molecule has 0 spiro atoms. The van der Waals surface area contributed by atoms with Crippen LogP contribution in [0.15, 0.2) is 30.3 Å². The van der Waals surface area contributed by atoms with Gasteiger partial charge in [-0.1, -0.05) is 30.3 Å². The molecule has 0 bridgehead atoms. The van der Waals surface area contributed by atoms with Crippen molar-refractivity contribution in [1.29, 1.82) is 0 Å². The third-order valence-corrected chi connectivity index (χ3v) is 1.71. The fourth-order valence-corrected chi connectivity index (χ4v) is 1.10. The molecule has 1 N–H and O–H groups in total. The van der Waals surface area contributed by atoms with Crippen molar-refractivity contribution in [3.8, 4) is 0 Å². The van der Waals surface area contributed by atoms with Crippen LogP contribution in [0.3, 0.4) is 0 Å². The molecular formula is C11H15NO2. The first-order valence-corrected chi connectivity index (χ1v) is 4.43. The highest BCUT2D eigenvalue weighted by atomic mass is 16.1. The van der Waals surface area contributed by atoms with Gasteiger partial charge in [-0.3, -0.25) is 4.79 Å².